The summed E-state index contributed by atoms with van der Waals surface area (Å²) in [6, 6.07) is 6.09. The molecule has 0 radical (unpaired) electrons. The van der Waals surface area contributed by atoms with Gasteiger partial charge in [0.1, 0.15) is 11.9 Å². The Kier molecular flexibility index (Phi) is 7.16. The number of carbonyl (C=O) groups is 2. The summed E-state index contributed by atoms with van der Waals surface area (Å²) >= 11 is 6.22. The fourth-order valence-corrected chi connectivity index (χ4v) is 5.17. The smallest absolute Gasteiger partial charge is 0.257 e. The molecule has 2 amide bonds. The molecule has 1 saturated carbocycles. The summed E-state index contributed by atoms with van der Waals surface area (Å²) in [4.78, 5) is 30.5. The summed E-state index contributed by atoms with van der Waals surface area (Å²) in [5.41, 5.74) is 0.528. The molecule has 0 unspecified atom stereocenters. The monoisotopic (exact) mass is 433 g/mol. The molecule has 6 nitrogen and oxygen atoms in total. The molecule has 1 aromatic carbocycles. The maximum absolute atomic E-state index is 13.3. The molecule has 164 valence electrons. The molecule has 1 aromatic rings. The van der Waals surface area contributed by atoms with Gasteiger partial charge < -0.3 is 19.4 Å². The van der Waals surface area contributed by atoms with E-state index < -0.39 is 0 Å². The lowest BCUT2D eigenvalue weighted by Crippen LogP contribution is -2.43. The van der Waals surface area contributed by atoms with Gasteiger partial charge in [-0.15, -0.1) is 0 Å². The number of hydrogen-bond acceptors (Lipinski definition) is 4. The van der Waals surface area contributed by atoms with E-state index >= 15 is 0 Å². The van der Waals surface area contributed by atoms with E-state index in [1.54, 1.807) is 17.0 Å². The van der Waals surface area contributed by atoms with Crippen molar-refractivity contribution in [1.29, 1.82) is 0 Å². The van der Waals surface area contributed by atoms with Crippen LogP contribution in [0.5, 0.6) is 5.75 Å². The van der Waals surface area contributed by atoms with E-state index in [-0.39, 0.29) is 12.0 Å². The van der Waals surface area contributed by atoms with Crippen molar-refractivity contribution in [2.75, 3.05) is 39.3 Å². The number of rotatable bonds is 5. The topological polar surface area (TPSA) is 53.1 Å². The lowest BCUT2D eigenvalue weighted by atomic mass is 10.0. The van der Waals surface area contributed by atoms with Gasteiger partial charge in [-0.25, -0.2) is 0 Å². The molecule has 7 heteroatoms. The molecule has 0 spiro atoms. The van der Waals surface area contributed by atoms with Gasteiger partial charge in [0, 0.05) is 50.3 Å². The van der Waals surface area contributed by atoms with Crippen LogP contribution in [0, 0.1) is 0 Å². The predicted octanol–water partition coefficient (Wildman–Crippen LogP) is 3.43. The standard InChI is InChI=1S/C23H32ClN3O3/c24-18-6-7-22(30-20-8-12-26(13-9-20)19-4-1-2-5-19)21(16-18)23(29)27-11-3-10-25(17-28)14-15-27/h6-7,16-17,19-20H,1-5,8-15H2. The molecule has 0 aromatic heterocycles. The zero-order valence-corrected chi connectivity index (χ0v) is 18.4. The number of nitrogens with zero attached hydrogens (tertiary/aromatic N) is 3. The second kappa shape index (κ2) is 10.0. The van der Waals surface area contributed by atoms with Crippen molar-refractivity contribution in [3.63, 3.8) is 0 Å². The van der Waals surface area contributed by atoms with Crippen molar-refractivity contribution in [3.05, 3.63) is 28.8 Å². The van der Waals surface area contributed by atoms with Gasteiger partial charge in [0.15, 0.2) is 0 Å². The Morgan fingerprint density at radius 2 is 1.73 bits per heavy atom. The van der Waals surface area contributed by atoms with E-state index in [4.69, 9.17) is 16.3 Å². The Bertz CT molecular complexity index is 745. The minimum Gasteiger partial charge on any atom is -0.489 e. The van der Waals surface area contributed by atoms with Gasteiger partial charge in [-0.2, -0.15) is 0 Å². The first-order chi connectivity index (χ1) is 14.6. The molecule has 4 rings (SSSR count). The first kappa shape index (κ1) is 21.4. The number of piperidine rings is 1. The molecule has 2 aliphatic heterocycles. The van der Waals surface area contributed by atoms with Gasteiger partial charge in [0.25, 0.3) is 5.91 Å². The first-order valence-electron chi connectivity index (χ1n) is 11.3. The highest BCUT2D eigenvalue weighted by molar-refractivity contribution is 6.31. The number of amides is 2. The van der Waals surface area contributed by atoms with Crippen LogP contribution >= 0.6 is 11.6 Å². The van der Waals surface area contributed by atoms with E-state index in [1.165, 1.54) is 25.7 Å². The highest BCUT2D eigenvalue weighted by Gasteiger charge is 2.29. The Morgan fingerprint density at radius 3 is 2.47 bits per heavy atom. The second-order valence-corrected chi connectivity index (χ2v) is 9.16. The normalized spacial score (nSPS) is 22.2. The molecule has 30 heavy (non-hydrogen) atoms. The summed E-state index contributed by atoms with van der Waals surface area (Å²) in [5.74, 6) is 0.559. The third kappa shape index (κ3) is 5.09. The minimum atomic E-state index is -0.0661. The molecule has 0 bridgehead atoms. The molecule has 0 atom stereocenters. The summed E-state index contributed by atoms with van der Waals surface area (Å²) in [6.45, 7) is 4.55. The number of ether oxygens (including phenoxy) is 1. The predicted molar refractivity (Wildman–Crippen MR) is 117 cm³/mol. The van der Waals surface area contributed by atoms with Crippen LogP contribution in [0.15, 0.2) is 18.2 Å². The van der Waals surface area contributed by atoms with Crippen LogP contribution in [0.3, 0.4) is 0 Å². The summed E-state index contributed by atoms with van der Waals surface area (Å²) in [5, 5.41) is 0.533. The van der Waals surface area contributed by atoms with Crippen LogP contribution in [0.2, 0.25) is 5.02 Å². The second-order valence-electron chi connectivity index (χ2n) is 8.72. The van der Waals surface area contributed by atoms with E-state index in [1.807, 2.05) is 11.0 Å². The largest absolute Gasteiger partial charge is 0.489 e. The highest BCUT2D eigenvalue weighted by Crippen LogP contribution is 2.30. The van der Waals surface area contributed by atoms with Gasteiger partial charge in [0.05, 0.1) is 5.56 Å². The molecule has 2 saturated heterocycles. The molecule has 0 N–H and O–H groups in total. The van der Waals surface area contributed by atoms with Crippen molar-refractivity contribution in [1.82, 2.24) is 14.7 Å². The molecular formula is C23H32ClN3O3. The first-order valence-corrected chi connectivity index (χ1v) is 11.7. The van der Waals surface area contributed by atoms with E-state index in [0.717, 1.165) is 44.8 Å². The van der Waals surface area contributed by atoms with Crippen molar-refractivity contribution >= 4 is 23.9 Å². The van der Waals surface area contributed by atoms with Gasteiger partial charge in [-0.05, 0) is 50.3 Å². The van der Waals surface area contributed by atoms with Gasteiger partial charge in [-0.3, -0.25) is 9.59 Å². The average Bonchev–Trinajstić information content (AvgIpc) is 3.20. The molecule has 3 fully saturated rings. The third-order valence-electron chi connectivity index (χ3n) is 6.75. The van der Waals surface area contributed by atoms with Crippen molar-refractivity contribution in [3.8, 4) is 5.75 Å². The zero-order valence-electron chi connectivity index (χ0n) is 17.6. The van der Waals surface area contributed by atoms with Crippen LogP contribution in [-0.4, -0.2) is 78.4 Å². The molecule has 2 heterocycles. The number of hydrogen-bond donors (Lipinski definition) is 0. The van der Waals surface area contributed by atoms with E-state index in [0.29, 0.717) is 42.5 Å². The summed E-state index contributed by atoms with van der Waals surface area (Å²) in [6.07, 6.45) is 9.13. The number of carbonyl (C=O) groups excluding carboxylic acids is 2. The maximum atomic E-state index is 13.3. The third-order valence-corrected chi connectivity index (χ3v) is 6.99. The Hall–Kier alpha value is -1.79. The fraction of sp³-hybridized carbons (Fsp3) is 0.652. The summed E-state index contributed by atoms with van der Waals surface area (Å²) in [7, 11) is 0. The summed E-state index contributed by atoms with van der Waals surface area (Å²) < 4.78 is 6.34. The molecule has 3 aliphatic rings. The van der Waals surface area contributed by atoms with E-state index in [9.17, 15) is 9.59 Å². The van der Waals surface area contributed by atoms with Crippen molar-refractivity contribution in [2.24, 2.45) is 0 Å². The van der Waals surface area contributed by atoms with Crippen molar-refractivity contribution < 1.29 is 14.3 Å². The highest BCUT2D eigenvalue weighted by atomic mass is 35.5. The molecular weight excluding hydrogens is 402 g/mol. The fourth-order valence-electron chi connectivity index (χ4n) is 5.00. The zero-order chi connectivity index (χ0) is 20.9. The van der Waals surface area contributed by atoms with Crippen LogP contribution in [0.25, 0.3) is 0 Å². The Balaban J connectivity index is 1.40. The Labute approximate surface area is 184 Å². The quantitative estimate of drug-likeness (QED) is 0.667. The van der Waals surface area contributed by atoms with Gasteiger partial charge in [0.2, 0.25) is 6.41 Å². The number of halogens is 1. The number of likely N-dealkylation sites (tertiary alicyclic amines) is 1. The van der Waals surface area contributed by atoms with Crippen LogP contribution < -0.4 is 4.74 Å². The van der Waals surface area contributed by atoms with E-state index in [2.05, 4.69) is 4.90 Å². The van der Waals surface area contributed by atoms with Crippen LogP contribution in [0.4, 0.5) is 0 Å². The molecule has 1 aliphatic carbocycles. The lowest BCUT2D eigenvalue weighted by Gasteiger charge is -2.36. The Morgan fingerprint density at radius 1 is 0.967 bits per heavy atom. The van der Waals surface area contributed by atoms with Crippen LogP contribution in [0.1, 0.15) is 55.3 Å². The SMILES string of the molecule is O=CN1CCCN(C(=O)c2cc(Cl)ccc2OC2CCN(C3CCCC3)CC2)CC1. The van der Waals surface area contributed by atoms with Crippen LogP contribution in [-0.2, 0) is 4.79 Å². The van der Waals surface area contributed by atoms with Gasteiger partial charge >= 0.3 is 0 Å². The average molecular weight is 434 g/mol. The number of benzene rings is 1. The minimum absolute atomic E-state index is 0.0661. The van der Waals surface area contributed by atoms with Gasteiger partial charge in [-0.1, -0.05) is 24.4 Å². The lowest BCUT2D eigenvalue weighted by molar-refractivity contribution is -0.118. The maximum Gasteiger partial charge on any atom is 0.257 e. The van der Waals surface area contributed by atoms with Crippen molar-refractivity contribution in [2.45, 2.75) is 57.1 Å².